The molecule has 0 bridgehead atoms. The number of aliphatic hydroxyl groups excluding tert-OH is 1. The molecule has 29 heavy (non-hydrogen) atoms. The zero-order valence-electron chi connectivity index (χ0n) is 17.6. The van der Waals surface area contributed by atoms with Crippen molar-refractivity contribution >= 4 is 23.0 Å². The van der Waals surface area contributed by atoms with Gasteiger partial charge in [0.2, 0.25) is 0 Å². The van der Waals surface area contributed by atoms with Crippen molar-refractivity contribution in [2.24, 2.45) is 10.9 Å². The van der Waals surface area contributed by atoms with Crippen molar-refractivity contribution in [3.05, 3.63) is 52.2 Å². The first kappa shape index (κ1) is 21.7. The van der Waals surface area contributed by atoms with Gasteiger partial charge in [-0.15, -0.1) is 0 Å². The molecule has 1 atom stereocenters. The minimum atomic E-state index is 0.318. The van der Waals surface area contributed by atoms with Crippen molar-refractivity contribution in [1.82, 2.24) is 10.6 Å². The maximum absolute atomic E-state index is 9.30. The lowest BCUT2D eigenvalue weighted by Crippen LogP contribution is -2.39. The van der Waals surface area contributed by atoms with Crippen LogP contribution in [0.1, 0.15) is 43.7 Å². The van der Waals surface area contributed by atoms with E-state index >= 15 is 0 Å². The van der Waals surface area contributed by atoms with Gasteiger partial charge in [-0.1, -0.05) is 19.1 Å². The smallest absolute Gasteiger partial charge is 0.191 e. The summed E-state index contributed by atoms with van der Waals surface area (Å²) in [7, 11) is 0. The van der Waals surface area contributed by atoms with Crippen molar-refractivity contribution in [1.29, 1.82) is 0 Å². The van der Waals surface area contributed by atoms with Crippen LogP contribution in [0.4, 0.5) is 5.69 Å². The highest BCUT2D eigenvalue weighted by atomic mass is 32.1. The fraction of sp³-hybridized carbons (Fsp3) is 0.522. The summed E-state index contributed by atoms with van der Waals surface area (Å²) in [5.41, 5.74) is 3.85. The molecule has 1 unspecified atom stereocenters. The van der Waals surface area contributed by atoms with Gasteiger partial charge in [0.05, 0.1) is 6.54 Å². The molecule has 1 aliphatic heterocycles. The van der Waals surface area contributed by atoms with Crippen LogP contribution in [0, 0.1) is 5.92 Å². The average Bonchev–Trinajstić information content (AvgIpc) is 3.31. The third-order valence-electron chi connectivity index (χ3n) is 5.63. The Bertz CT molecular complexity index is 737. The van der Waals surface area contributed by atoms with Crippen LogP contribution < -0.4 is 15.5 Å². The molecule has 1 fully saturated rings. The van der Waals surface area contributed by atoms with Crippen LogP contribution in [-0.4, -0.2) is 43.9 Å². The molecule has 1 aliphatic rings. The monoisotopic (exact) mass is 414 g/mol. The molecule has 0 amide bonds. The first-order valence-corrected chi connectivity index (χ1v) is 11.6. The number of aliphatic hydroxyl groups is 1. The van der Waals surface area contributed by atoms with Crippen molar-refractivity contribution in [3.8, 4) is 0 Å². The molecule has 0 spiro atoms. The molecule has 0 saturated carbocycles. The number of piperidine rings is 1. The Morgan fingerprint density at radius 2 is 1.97 bits per heavy atom. The van der Waals surface area contributed by atoms with Crippen LogP contribution in [0.5, 0.6) is 0 Å². The number of benzene rings is 1. The van der Waals surface area contributed by atoms with E-state index in [0.29, 0.717) is 25.0 Å². The summed E-state index contributed by atoms with van der Waals surface area (Å²) in [6.45, 7) is 9.08. The molecule has 2 heterocycles. The second-order valence-electron chi connectivity index (χ2n) is 7.81. The standard InChI is InChI=1S/C23H34N4OS/c1-3-24-23(25-14-18(2)21-10-13-29-17-21)26-15-19-4-6-22(7-5-19)27-11-8-20(16-28)9-12-27/h4-7,10,13,17-18,20,28H,3,8-9,11-12,14-16H2,1-2H3,(H2,24,25,26). The average molecular weight is 415 g/mol. The van der Waals surface area contributed by atoms with E-state index in [1.807, 2.05) is 0 Å². The first-order chi connectivity index (χ1) is 14.2. The van der Waals surface area contributed by atoms with Crippen LogP contribution in [0.2, 0.25) is 0 Å². The Hall–Kier alpha value is -2.05. The number of anilines is 1. The van der Waals surface area contributed by atoms with Gasteiger partial charge in [0, 0.05) is 38.5 Å². The van der Waals surface area contributed by atoms with Gasteiger partial charge in [-0.3, -0.25) is 0 Å². The molecule has 3 rings (SSSR count). The minimum absolute atomic E-state index is 0.318. The van der Waals surface area contributed by atoms with Gasteiger partial charge in [0.1, 0.15) is 0 Å². The summed E-state index contributed by atoms with van der Waals surface area (Å²) < 4.78 is 0. The fourth-order valence-corrected chi connectivity index (χ4v) is 4.40. The van der Waals surface area contributed by atoms with Gasteiger partial charge in [0.15, 0.2) is 5.96 Å². The van der Waals surface area contributed by atoms with E-state index in [0.717, 1.165) is 45.0 Å². The van der Waals surface area contributed by atoms with Crippen molar-refractivity contribution in [2.75, 3.05) is 37.7 Å². The predicted octanol–water partition coefficient (Wildman–Crippen LogP) is 3.82. The number of thiophene rings is 1. The van der Waals surface area contributed by atoms with Crippen LogP contribution in [0.25, 0.3) is 0 Å². The Kier molecular flexibility index (Phi) is 8.38. The number of aliphatic imine (C=N–C) groups is 1. The first-order valence-electron chi connectivity index (χ1n) is 10.7. The summed E-state index contributed by atoms with van der Waals surface area (Å²) in [4.78, 5) is 7.17. The van der Waals surface area contributed by atoms with Crippen molar-refractivity contribution in [3.63, 3.8) is 0 Å². The van der Waals surface area contributed by atoms with E-state index in [-0.39, 0.29) is 0 Å². The van der Waals surface area contributed by atoms with Crippen molar-refractivity contribution < 1.29 is 5.11 Å². The molecule has 0 aliphatic carbocycles. The van der Waals surface area contributed by atoms with Crippen LogP contribution in [0.15, 0.2) is 46.1 Å². The van der Waals surface area contributed by atoms with Crippen LogP contribution in [0.3, 0.4) is 0 Å². The Balaban J connectivity index is 1.52. The molecule has 6 heteroatoms. The highest BCUT2D eigenvalue weighted by molar-refractivity contribution is 7.07. The minimum Gasteiger partial charge on any atom is -0.396 e. The number of guanidine groups is 1. The molecule has 3 N–H and O–H groups in total. The van der Waals surface area contributed by atoms with Crippen LogP contribution >= 0.6 is 11.3 Å². The van der Waals surface area contributed by atoms with E-state index in [2.05, 4.69) is 70.5 Å². The number of rotatable bonds is 8. The van der Waals surface area contributed by atoms with Gasteiger partial charge in [0.25, 0.3) is 0 Å². The lowest BCUT2D eigenvalue weighted by molar-refractivity contribution is 0.203. The third kappa shape index (κ3) is 6.47. The maximum atomic E-state index is 9.30. The molecule has 1 aromatic heterocycles. The molecule has 1 saturated heterocycles. The quantitative estimate of drug-likeness (QED) is 0.454. The zero-order chi connectivity index (χ0) is 20.5. The SMILES string of the molecule is CCNC(=NCc1ccc(N2CCC(CO)CC2)cc1)NCC(C)c1ccsc1. The molecule has 0 radical (unpaired) electrons. The third-order valence-corrected chi connectivity index (χ3v) is 6.33. The molecular weight excluding hydrogens is 380 g/mol. The molecule has 158 valence electrons. The maximum Gasteiger partial charge on any atom is 0.191 e. The van der Waals surface area contributed by atoms with Gasteiger partial charge in [-0.25, -0.2) is 4.99 Å². The summed E-state index contributed by atoms with van der Waals surface area (Å²) in [5.74, 6) is 1.79. The highest BCUT2D eigenvalue weighted by Crippen LogP contribution is 2.23. The molecule has 2 aromatic rings. The van der Waals surface area contributed by atoms with E-state index in [1.54, 1.807) is 11.3 Å². The van der Waals surface area contributed by atoms with Gasteiger partial charge in [-0.05, 0) is 71.7 Å². The largest absolute Gasteiger partial charge is 0.396 e. The Labute approximate surface area is 178 Å². The zero-order valence-corrected chi connectivity index (χ0v) is 18.4. The summed E-state index contributed by atoms with van der Waals surface area (Å²) in [5, 5.41) is 20.4. The Morgan fingerprint density at radius 1 is 1.21 bits per heavy atom. The number of hydrogen-bond donors (Lipinski definition) is 3. The normalized spacial score (nSPS) is 16.7. The summed E-state index contributed by atoms with van der Waals surface area (Å²) >= 11 is 1.74. The van der Waals surface area contributed by atoms with Crippen LogP contribution in [-0.2, 0) is 6.54 Å². The summed E-state index contributed by atoms with van der Waals surface area (Å²) in [6.07, 6.45) is 2.15. The highest BCUT2D eigenvalue weighted by Gasteiger charge is 2.18. The predicted molar refractivity (Wildman–Crippen MR) is 124 cm³/mol. The number of nitrogens with zero attached hydrogens (tertiary/aromatic N) is 2. The van der Waals surface area contributed by atoms with Crippen molar-refractivity contribution in [2.45, 2.75) is 39.2 Å². The molecular formula is C23H34N4OS. The lowest BCUT2D eigenvalue weighted by Gasteiger charge is -2.32. The van der Waals surface area contributed by atoms with Gasteiger partial charge >= 0.3 is 0 Å². The van der Waals surface area contributed by atoms with Gasteiger partial charge < -0.3 is 20.6 Å². The number of nitrogens with one attached hydrogen (secondary N) is 2. The molecule has 5 nitrogen and oxygen atoms in total. The second kappa shape index (κ2) is 11.2. The fourth-order valence-electron chi connectivity index (χ4n) is 3.62. The second-order valence-corrected chi connectivity index (χ2v) is 8.59. The molecule has 1 aromatic carbocycles. The van der Waals surface area contributed by atoms with E-state index < -0.39 is 0 Å². The van der Waals surface area contributed by atoms with Gasteiger partial charge in [-0.2, -0.15) is 11.3 Å². The Morgan fingerprint density at radius 3 is 2.59 bits per heavy atom. The summed E-state index contributed by atoms with van der Waals surface area (Å²) in [6, 6.07) is 10.9. The number of hydrogen-bond acceptors (Lipinski definition) is 4. The van der Waals surface area contributed by atoms with E-state index in [1.165, 1.54) is 16.8 Å². The topological polar surface area (TPSA) is 59.9 Å². The van der Waals surface area contributed by atoms with E-state index in [4.69, 9.17) is 4.99 Å². The van der Waals surface area contributed by atoms with E-state index in [9.17, 15) is 5.11 Å². The lowest BCUT2D eigenvalue weighted by atomic mass is 9.97.